The average molecular weight is 233 g/mol. The van der Waals surface area contributed by atoms with Gasteiger partial charge >= 0.3 is 17.2 Å². The van der Waals surface area contributed by atoms with Crippen LogP contribution in [0.5, 0.6) is 0 Å². The van der Waals surface area contributed by atoms with Crippen molar-refractivity contribution in [1.82, 2.24) is 0 Å². The number of rotatable bonds is 2. The lowest BCUT2D eigenvalue weighted by atomic mass is 10.1. The summed E-state index contributed by atoms with van der Waals surface area (Å²) in [5.74, 6) is -2.61. The van der Waals surface area contributed by atoms with Crippen molar-refractivity contribution in [1.29, 1.82) is 0 Å². The van der Waals surface area contributed by atoms with Crippen LogP contribution in [0.1, 0.15) is 0 Å². The topological polar surface area (TPSA) is 120 Å². The first-order valence-corrected chi connectivity index (χ1v) is 3.73. The van der Waals surface area contributed by atoms with Crippen LogP contribution in [0, 0.1) is 20.2 Å². The van der Waals surface area contributed by atoms with Gasteiger partial charge in [-0.3, -0.25) is 29.8 Å². The van der Waals surface area contributed by atoms with Crippen LogP contribution in [-0.2, 0) is 9.59 Å². The van der Waals surface area contributed by atoms with Crippen LogP contribution in [-0.4, -0.2) is 21.4 Å². The van der Waals surface area contributed by atoms with Gasteiger partial charge < -0.3 is 0 Å². The van der Waals surface area contributed by atoms with Gasteiger partial charge in [-0.2, -0.15) is 0 Å². The van der Waals surface area contributed by atoms with Crippen molar-refractivity contribution in [2.75, 3.05) is 0 Å². The van der Waals surface area contributed by atoms with Crippen molar-refractivity contribution in [3.8, 4) is 0 Å². The first-order chi connectivity index (χ1) is 6.86. The van der Waals surface area contributed by atoms with Gasteiger partial charge in [-0.05, 0) is 0 Å². The summed E-state index contributed by atoms with van der Waals surface area (Å²) >= 11 is 5.19. The first kappa shape index (κ1) is 11.0. The summed E-state index contributed by atoms with van der Waals surface area (Å²) in [4.78, 5) is 40.3. The van der Waals surface area contributed by atoms with Gasteiger partial charge in [-0.25, -0.2) is 0 Å². The second-order valence-corrected chi connectivity index (χ2v) is 2.78. The van der Waals surface area contributed by atoms with Gasteiger partial charge in [0.1, 0.15) is 0 Å². The number of carbonyl (C=O) groups excluding carboxylic acids is 2. The lowest BCUT2D eigenvalue weighted by Crippen LogP contribution is -2.25. The van der Waals surface area contributed by atoms with E-state index < -0.39 is 37.8 Å². The zero-order valence-electron chi connectivity index (χ0n) is 6.80. The third kappa shape index (κ3) is 1.74. The molecule has 0 radical (unpaired) electrons. The zero-order valence-corrected chi connectivity index (χ0v) is 7.56. The van der Waals surface area contributed by atoms with E-state index in [1.54, 1.807) is 0 Å². The van der Waals surface area contributed by atoms with Gasteiger partial charge in [0.05, 0.1) is 15.9 Å². The number of nitro groups is 2. The highest BCUT2D eigenvalue weighted by Crippen LogP contribution is 2.22. The molecule has 0 aromatic rings. The van der Waals surface area contributed by atoms with E-state index in [1.807, 2.05) is 0 Å². The van der Waals surface area contributed by atoms with Crippen LogP contribution >= 0.6 is 11.6 Å². The summed E-state index contributed by atoms with van der Waals surface area (Å²) in [6.45, 7) is 0. The minimum Gasteiger partial charge on any atom is -0.288 e. The zero-order chi connectivity index (χ0) is 11.7. The molecule has 0 atom stereocenters. The molecule has 0 spiro atoms. The Balaban J connectivity index is 3.36. The fraction of sp³-hybridized carbons (Fsp3) is 0. The molecule has 8 nitrogen and oxygen atoms in total. The van der Waals surface area contributed by atoms with E-state index in [0.717, 1.165) is 0 Å². The van der Waals surface area contributed by atoms with Gasteiger partial charge in [0.25, 0.3) is 0 Å². The monoisotopic (exact) mass is 232 g/mol. The van der Waals surface area contributed by atoms with Crippen LogP contribution in [0.15, 0.2) is 22.5 Å². The van der Waals surface area contributed by atoms with Crippen molar-refractivity contribution < 1.29 is 19.4 Å². The second-order valence-electron chi connectivity index (χ2n) is 2.40. The number of Topliss-reactive ketones (excluding diaryl/α,β-unsaturated/α-hetero) is 1. The Hall–Kier alpha value is -2.09. The Morgan fingerprint density at radius 3 is 2.07 bits per heavy atom. The summed E-state index contributed by atoms with van der Waals surface area (Å²) in [6, 6.07) is 0. The van der Waals surface area contributed by atoms with Crippen molar-refractivity contribution in [2.24, 2.45) is 0 Å². The van der Waals surface area contributed by atoms with Crippen LogP contribution in [0.25, 0.3) is 0 Å². The van der Waals surface area contributed by atoms with Crippen molar-refractivity contribution >= 4 is 23.2 Å². The molecule has 1 aliphatic carbocycles. The van der Waals surface area contributed by atoms with E-state index in [-0.39, 0.29) is 0 Å². The van der Waals surface area contributed by atoms with E-state index in [4.69, 9.17) is 11.6 Å². The number of hydrogen-bond donors (Lipinski definition) is 0. The van der Waals surface area contributed by atoms with Crippen LogP contribution < -0.4 is 0 Å². The van der Waals surface area contributed by atoms with Crippen molar-refractivity contribution in [2.45, 2.75) is 0 Å². The molecular formula is C6HClN2O6. The third-order valence-electron chi connectivity index (χ3n) is 1.52. The molecular weight excluding hydrogens is 232 g/mol. The molecule has 0 aromatic carbocycles. The summed E-state index contributed by atoms with van der Waals surface area (Å²) in [7, 11) is 0. The van der Waals surface area contributed by atoms with E-state index >= 15 is 0 Å². The summed E-state index contributed by atoms with van der Waals surface area (Å²) in [5, 5.41) is 19.7. The van der Waals surface area contributed by atoms with Gasteiger partial charge in [0, 0.05) is 0 Å². The molecule has 9 heteroatoms. The molecule has 0 N–H and O–H groups in total. The van der Waals surface area contributed by atoms with Crippen LogP contribution in [0.4, 0.5) is 0 Å². The highest BCUT2D eigenvalue weighted by molar-refractivity contribution is 6.47. The largest absolute Gasteiger partial charge is 0.346 e. The fourth-order valence-electron chi connectivity index (χ4n) is 0.889. The quantitative estimate of drug-likeness (QED) is 0.376. The predicted octanol–water partition coefficient (Wildman–Crippen LogP) is 0.0259. The standard InChI is InChI=1S/C6HClN2O6/c7-4-3(10)1-2(8(12)13)6(11)5(4)9(14)15/h1H. The number of carbonyl (C=O) groups is 2. The average Bonchev–Trinajstić information content (AvgIpc) is 2.10. The SMILES string of the molecule is O=C1C=C([N+](=O)[O-])C(=O)C([N+](=O)[O-])=C1Cl. The Morgan fingerprint density at radius 1 is 1.13 bits per heavy atom. The molecule has 1 aliphatic rings. The smallest absolute Gasteiger partial charge is 0.288 e. The van der Waals surface area contributed by atoms with E-state index in [0.29, 0.717) is 6.08 Å². The van der Waals surface area contributed by atoms with Gasteiger partial charge in [-0.1, -0.05) is 11.6 Å². The van der Waals surface area contributed by atoms with E-state index in [9.17, 15) is 29.8 Å². The molecule has 15 heavy (non-hydrogen) atoms. The normalized spacial score (nSPS) is 16.5. The Morgan fingerprint density at radius 2 is 1.67 bits per heavy atom. The minimum absolute atomic E-state index is 0.359. The molecule has 1 rings (SSSR count). The molecule has 0 aliphatic heterocycles. The fourth-order valence-corrected chi connectivity index (χ4v) is 1.10. The molecule has 0 amide bonds. The second kappa shape index (κ2) is 3.58. The minimum atomic E-state index is -1.48. The van der Waals surface area contributed by atoms with Gasteiger partial charge in [0.2, 0.25) is 5.78 Å². The summed E-state index contributed by atoms with van der Waals surface area (Å²) in [5.41, 5.74) is -2.42. The maximum atomic E-state index is 11.1. The number of allylic oxidation sites excluding steroid dienone is 2. The molecule has 0 bridgehead atoms. The predicted molar refractivity (Wildman–Crippen MR) is 45.0 cm³/mol. The maximum Gasteiger partial charge on any atom is 0.346 e. The lowest BCUT2D eigenvalue weighted by molar-refractivity contribution is -0.434. The van der Waals surface area contributed by atoms with Crippen LogP contribution in [0.2, 0.25) is 0 Å². The lowest BCUT2D eigenvalue weighted by Gasteiger charge is -2.02. The number of nitrogens with zero attached hydrogens (tertiary/aromatic N) is 2. The van der Waals surface area contributed by atoms with E-state index in [1.165, 1.54) is 0 Å². The molecule has 0 heterocycles. The molecule has 0 saturated heterocycles. The number of halogens is 1. The Labute approximate surface area is 86.1 Å². The molecule has 0 saturated carbocycles. The van der Waals surface area contributed by atoms with Gasteiger partial charge in [-0.15, -0.1) is 0 Å². The van der Waals surface area contributed by atoms with Crippen LogP contribution in [0.3, 0.4) is 0 Å². The third-order valence-corrected chi connectivity index (χ3v) is 1.88. The van der Waals surface area contributed by atoms with Crippen molar-refractivity contribution in [3.05, 3.63) is 42.7 Å². The number of hydrogen-bond acceptors (Lipinski definition) is 6. The first-order valence-electron chi connectivity index (χ1n) is 3.35. The summed E-state index contributed by atoms with van der Waals surface area (Å²) in [6.07, 6.45) is 0.359. The maximum absolute atomic E-state index is 11.1. The molecule has 0 fully saturated rings. The molecule has 78 valence electrons. The number of ketones is 2. The van der Waals surface area contributed by atoms with Gasteiger partial charge in [0.15, 0.2) is 5.03 Å². The Kier molecular flexibility index (Phi) is 2.62. The molecule has 0 aromatic heterocycles. The van der Waals surface area contributed by atoms with Crippen molar-refractivity contribution in [3.63, 3.8) is 0 Å². The Bertz CT molecular complexity index is 462. The molecule has 0 unspecified atom stereocenters. The van der Waals surface area contributed by atoms with E-state index in [2.05, 4.69) is 0 Å². The summed E-state index contributed by atoms with van der Waals surface area (Å²) < 4.78 is 0. The highest BCUT2D eigenvalue weighted by Gasteiger charge is 2.42. The highest BCUT2D eigenvalue weighted by atomic mass is 35.5.